The van der Waals surface area contributed by atoms with Crippen LogP contribution in [0.5, 0.6) is 5.75 Å². The van der Waals surface area contributed by atoms with Crippen molar-refractivity contribution in [3.8, 4) is 5.75 Å². The third kappa shape index (κ3) is 5.79. The largest absolute Gasteiger partial charge is 0.492 e. The first kappa shape index (κ1) is 22.2. The SMILES string of the molecule is Cc1ccc(S(=O)(=O)Nc2ccccc2F)cc1C(=O)NCCOc1cccc(F)c1. The van der Waals surface area contributed by atoms with Gasteiger partial charge in [0, 0.05) is 11.6 Å². The summed E-state index contributed by atoms with van der Waals surface area (Å²) in [6, 6.07) is 15.0. The van der Waals surface area contributed by atoms with E-state index in [0.29, 0.717) is 11.3 Å². The minimum atomic E-state index is -4.10. The van der Waals surface area contributed by atoms with Crippen molar-refractivity contribution in [2.45, 2.75) is 11.8 Å². The zero-order valence-electron chi connectivity index (χ0n) is 16.6. The van der Waals surface area contributed by atoms with E-state index in [4.69, 9.17) is 4.74 Å². The molecule has 31 heavy (non-hydrogen) atoms. The molecule has 0 spiro atoms. The van der Waals surface area contributed by atoms with Gasteiger partial charge in [-0.3, -0.25) is 9.52 Å². The Kier molecular flexibility index (Phi) is 6.86. The average molecular weight is 446 g/mol. The number of nitrogens with one attached hydrogen (secondary N) is 2. The second-order valence-corrected chi connectivity index (χ2v) is 8.31. The van der Waals surface area contributed by atoms with Crippen molar-refractivity contribution in [3.63, 3.8) is 0 Å². The zero-order valence-corrected chi connectivity index (χ0v) is 17.4. The number of ether oxygens (including phenoxy) is 1. The zero-order chi connectivity index (χ0) is 22.4. The second kappa shape index (κ2) is 9.57. The molecule has 3 rings (SSSR count). The molecule has 0 saturated carbocycles. The molecule has 0 heterocycles. The summed E-state index contributed by atoms with van der Waals surface area (Å²) in [5, 5.41) is 2.63. The fourth-order valence-corrected chi connectivity index (χ4v) is 3.84. The molecule has 162 valence electrons. The predicted octanol–water partition coefficient (Wildman–Crippen LogP) is 3.88. The summed E-state index contributed by atoms with van der Waals surface area (Å²) in [6.07, 6.45) is 0. The van der Waals surface area contributed by atoms with Gasteiger partial charge in [0.2, 0.25) is 0 Å². The number of sulfonamides is 1. The molecule has 9 heteroatoms. The average Bonchev–Trinajstić information content (AvgIpc) is 2.73. The number of carbonyl (C=O) groups excluding carboxylic acids is 1. The maximum atomic E-state index is 13.8. The van der Waals surface area contributed by atoms with Gasteiger partial charge in [-0.15, -0.1) is 0 Å². The maximum Gasteiger partial charge on any atom is 0.262 e. The fourth-order valence-electron chi connectivity index (χ4n) is 2.75. The predicted molar refractivity (Wildman–Crippen MR) is 113 cm³/mol. The molecule has 0 aliphatic carbocycles. The van der Waals surface area contributed by atoms with E-state index in [1.54, 1.807) is 13.0 Å². The summed E-state index contributed by atoms with van der Waals surface area (Å²) >= 11 is 0. The highest BCUT2D eigenvalue weighted by Gasteiger charge is 2.19. The van der Waals surface area contributed by atoms with E-state index in [1.807, 2.05) is 0 Å². The molecule has 0 aliphatic heterocycles. The van der Waals surface area contributed by atoms with E-state index in [9.17, 15) is 22.0 Å². The molecule has 0 fully saturated rings. The molecule has 0 radical (unpaired) electrons. The lowest BCUT2D eigenvalue weighted by atomic mass is 10.1. The lowest BCUT2D eigenvalue weighted by molar-refractivity contribution is 0.0946. The summed E-state index contributed by atoms with van der Waals surface area (Å²) in [5.41, 5.74) is 0.527. The Balaban J connectivity index is 1.67. The number of hydrogen-bond donors (Lipinski definition) is 2. The maximum absolute atomic E-state index is 13.8. The Morgan fingerprint density at radius 3 is 2.52 bits per heavy atom. The van der Waals surface area contributed by atoms with Crippen molar-refractivity contribution < 1.29 is 26.7 Å². The third-order valence-electron chi connectivity index (χ3n) is 4.33. The van der Waals surface area contributed by atoms with E-state index in [0.717, 1.165) is 6.07 Å². The third-order valence-corrected chi connectivity index (χ3v) is 5.70. The molecule has 0 atom stereocenters. The van der Waals surface area contributed by atoms with Gasteiger partial charge in [0.1, 0.15) is 24.0 Å². The summed E-state index contributed by atoms with van der Waals surface area (Å²) in [6.45, 7) is 1.89. The summed E-state index contributed by atoms with van der Waals surface area (Å²) in [4.78, 5) is 12.3. The van der Waals surface area contributed by atoms with E-state index in [-0.39, 0.29) is 29.3 Å². The molecule has 0 aromatic heterocycles. The topological polar surface area (TPSA) is 84.5 Å². The molecule has 1 amide bonds. The van der Waals surface area contributed by atoms with Gasteiger partial charge in [-0.2, -0.15) is 0 Å². The number of para-hydroxylation sites is 1. The first-order chi connectivity index (χ1) is 14.8. The van der Waals surface area contributed by atoms with Gasteiger partial charge in [-0.25, -0.2) is 17.2 Å². The van der Waals surface area contributed by atoms with Crippen LogP contribution in [0.25, 0.3) is 0 Å². The summed E-state index contributed by atoms with van der Waals surface area (Å²) in [5.74, 6) is -1.31. The molecule has 2 N–H and O–H groups in total. The Morgan fingerprint density at radius 2 is 1.77 bits per heavy atom. The van der Waals surface area contributed by atoms with Gasteiger partial charge in [-0.05, 0) is 48.9 Å². The number of amides is 1. The molecule has 0 bridgehead atoms. The lowest BCUT2D eigenvalue weighted by Crippen LogP contribution is -2.29. The summed E-state index contributed by atoms with van der Waals surface area (Å²) < 4.78 is 59.7. The molecule has 0 saturated heterocycles. The van der Waals surface area contributed by atoms with Crippen LogP contribution >= 0.6 is 0 Å². The number of halogens is 2. The molecule has 3 aromatic rings. The van der Waals surface area contributed by atoms with Crippen LogP contribution in [0.4, 0.5) is 14.5 Å². The highest BCUT2D eigenvalue weighted by atomic mass is 32.2. The quantitative estimate of drug-likeness (QED) is 0.515. The van der Waals surface area contributed by atoms with Gasteiger partial charge in [0.15, 0.2) is 0 Å². The van der Waals surface area contributed by atoms with Crippen LogP contribution in [0.2, 0.25) is 0 Å². The van der Waals surface area contributed by atoms with Gasteiger partial charge in [-0.1, -0.05) is 24.3 Å². The van der Waals surface area contributed by atoms with Crippen LogP contribution in [0.3, 0.4) is 0 Å². The number of aryl methyl sites for hydroxylation is 1. The molecule has 3 aromatic carbocycles. The normalized spacial score (nSPS) is 11.1. The van der Waals surface area contributed by atoms with Crippen molar-refractivity contribution in [3.05, 3.63) is 89.5 Å². The number of carbonyl (C=O) groups is 1. The summed E-state index contributed by atoms with van der Waals surface area (Å²) in [7, 11) is -4.10. The Morgan fingerprint density at radius 1 is 1.00 bits per heavy atom. The Bertz CT molecular complexity index is 1200. The number of anilines is 1. The number of hydrogen-bond acceptors (Lipinski definition) is 4. The van der Waals surface area contributed by atoms with Crippen LogP contribution < -0.4 is 14.8 Å². The van der Waals surface area contributed by atoms with Crippen molar-refractivity contribution in [2.24, 2.45) is 0 Å². The van der Waals surface area contributed by atoms with Crippen molar-refractivity contribution in [2.75, 3.05) is 17.9 Å². The van der Waals surface area contributed by atoms with Crippen molar-refractivity contribution in [1.29, 1.82) is 0 Å². The highest BCUT2D eigenvalue weighted by molar-refractivity contribution is 7.92. The number of rotatable bonds is 8. The van der Waals surface area contributed by atoms with E-state index < -0.39 is 27.6 Å². The van der Waals surface area contributed by atoms with Gasteiger partial charge >= 0.3 is 0 Å². The standard InChI is InChI=1S/C22H20F2N2O4S/c1-15-9-10-18(31(28,29)26-21-8-3-2-7-20(21)24)14-19(15)22(27)25-11-12-30-17-6-4-5-16(23)13-17/h2-10,13-14,26H,11-12H2,1H3,(H,25,27). The van der Waals surface area contributed by atoms with Crippen molar-refractivity contribution >= 4 is 21.6 Å². The monoisotopic (exact) mass is 446 g/mol. The first-order valence-corrected chi connectivity index (χ1v) is 10.8. The van der Waals surface area contributed by atoms with Crippen LogP contribution in [-0.4, -0.2) is 27.5 Å². The molecular formula is C22H20F2N2O4S. The van der Waals surface area contributed by atoms with E-state index >= 15 is 0 Å². The smallest absolute Gasteiger partial charge is 0.262 e. The van der Waals surface area contributed by atoms with Crippen LogP contribution in [0.1, 0.15) is 15.9 Å². The molecule has 0 aliphatic rings. The highest BCUT2D eigenvalue weighted by Crippen LogP contribution is 2.21. The molecule has 0 unspecified atom stereocenters. The van der Waals surface area contributed by atoms with Crippen LogP contribution in [0, 0.1) is 18.6 Å². The van der Waals surface area contributed by atoms with Gasteiger partial charge in [0.25, 0.3) is 15.9 Å². The first-order valence-electron chi connectivity index (χ1n) is 9.31. The van der Waals surface area contributed by atoms with Crippen molar-refractivity contribution in [1.82, 2.24) is 5.32 Å². The number of benzene rings is 3. The Hall–Kier alpha value is -3.46. The van der Waals surface area contributed by atoms with Crippen LogP contribution in [-0.2, 0) is 10.0 Å². The fraction of sp³-hybridized carbons (Fsp3) is 0.136. The minimum Gasteiger partial charge on any atom is -0.492 e. The molecular weight excluding hydrogens is 426 g/mol. The van der Waals surface area contributed by atoms with E-state index in [2.05, 4.69) is 10.0 Å². The second-order valence-electron chi connectivity index (χ2n) is 6.62. The van der Waals surface area contributed by atoms with Crippen LogP contribution in [0.15, 0.2) is 71.6 Å². The van der Waals surface area contributed by atoms with Gasteiger partial charge in [0.05, 0.1) is 17.1 Å². The lowest BCUT2D eigenvalue weighted by Gasteiger charge is -2.12. The molecule has 6 nitrogen and oxygen atoms in total. The Labute approximate surface area is 178 Å². The minimum absolute atomic E-state index is 0.0983. The van der Waals surface area contributed by atoms with E-state index in [1.165, 1.54) is 54.6 Å². The van der Waals surface area contributed by atoms with Gasteiger partial charge < -0.3 is 10.1 Å².